The molecule has 1 aromatic carbocycles. The molecule has 1 saturated heterocycles. The smallest absolute Gasteiger partial charge is 0.260 e. The van der Waals surface area contributed by atoms with Crippen molar-refractivity contribution in [3.05, 3.63) is 24.3 Å². The molecule has 1 fully saturated rings. The summed E-state index contributed by atoms with van der Waals surface area (Å²) in [6.07, 6.45) is 4.74. The molecule has 1 aromatic rings. The van der Waals surface area contributed by atoms with Crippen LogP contribution in [0.15, 0.2) is 24.3 Å². The first-order valence-corrected chi connectivity index (χ1v) is 7.45. The van der Waals surface area contributed by atoms with Gasteiger partial charge in [-0.2, -0.15) is 0 Å². The average molecular weight is 276 g/mol. The number of rotatable bonds is 5. The lowest BCUT2D eigenvalue weighted by Crippen LogP contribution is -2.41. The summed E-state index contributed by atoms with van der Waals surface area (Å²) in [5.41, 5.74) is 6.36. The summed E-state index contributed by atoms with van der Waals surface area (Å²) in [6.45, 7) is 4.01. The van der Waals surface area contributed by atoms with Crippen molar-refractivity contribution in [2.24, 2.45) is 5.92 Å². The summed E-state index contributed by atoms with van der Waals surface area (Å²) in [7, 11) is 0. The lowest BCUT2D eigenvalue weighted by molar-refractivity contribution is -0.134. The molecule has 0 bridgehead atoms. The summed E-state index contributed by atoms with van der Waals surface area (Å²) in [5, 5.41) is 0. The van der Waals surface area contributed by atoms with Gasteiger partial charge in [0.2, 0.25) is 0 Å². The number of hydrogen-bond donors (Lipinski definition) is 1. The van der Waals surface area contributed by atoms with Crippen molar-refractivity contribution in [2.45, 2.75) is 32.6 Å². The second-order valence-corrected chi connectivity index (χ2v) is 5.44. The van der Waals surface area contributed by atoms with Gasteiger partial charge in [0.25, 0.3) is 5.91 Å². The van der Waals surface area contributed by atoms with Crippen LogP contribution in [0.3, 0.4) is 0 Å². The Kier molecular flexibility index (Phi) is 5.27. The molecular formula is C16H24N2O2. The quantitative estimate of drug-likeness (QED) is 0.841. The number of hydrogen-bond acceptors (Lipinski definition) is 3. The lowest BCUT2D eigenvalue weighted by atomic mass is 9.92. The van der Waals surface area contributed by atoms with Crippen LogP contribution in [-0.2, 0) is 4.79 Å². The summed E-state index contributed by atoms with van der Waals surface area (Å²) in [6, 6.07) is 7.26. The van der Waals surface area contributed by atoms with E-state index in [0.29, 0.717) is 11.4 Å². The molecule has 20 heavy (non-hydrogen) atoms. The Hall–Kier alpha value is -1.71. The molecule has 2 N–H and O–H groups in total. The first-order chi connectivity index (χ1) is 9.70. The SMILES string of the molecule is CCCC1CCN(C(=O)COc2ccccc2N)CC1. The van der Waals surface area contributed by atoms with Crippen LogP contribution >= 0.6 is 0 Å². The van der Waals surface area contributed by atoms with Gasteiger partial charge < -0.3 is 15.4 Å². The molecule has 4 heteroatoms. The van der Waals surface area contributed by atoms with Crippen LogP contribution in [-0.4, -0.2) is 30.5 Å². The summed E-state index contributed by atoms with van der Waals surface area (Å²) in [5.74, 6) is 1.43. The molecule has 1 amide bonds. The third-order valence-corrected chi connectivity index (χ3v) is 3.93. The number of amides is 1. The van der Waals surface area contributed by atoms with Crippen LogP contribution in [0.4, 0.5) is 5.69 Å². The van der Waals surface area contributed by atoms with Gasteiger partial charge in [-0.25, -0.2) is 0 Å². The maximum Gasteiger partial charge on any atom is 0.260 e. The number of carbonyl (C=O) groups is 1. The molecule has 0 radical (unpaired) electrons. The highest BCUT2D eigenvalue weighted by atomic mass is 16.5. The Morgan fingerprint density at radius 3 is 2.70 bits per heavy atom. The van der Waals surface area contributed by atoms with Crippen LogP contribution in [0.2, 0.25) is 0 Å². The predicted molar refractivity (Wildman–Crippen MR) is 80.6 cm³/mol. The van der Waals surface area contributed by atoms with Gasteiger partial charge in [-0.1, -0.05) is 31.9 Å². The van der Waals surface area contributed by atoms with Crippen molar-refractivity contribution in [1.82, 2.24) is 4.90 Å². The van der Waals surface area contributed by atoms with Gasteiger partial charge in [-0.3, -0.25) is 4.79 Å². The summed E-state index contributed by atoms with van der Waals surface area (Å²) < 4.78 is 5.51. The zero-order chi connectivity index (χ0) is 14.4. The summed E-state index contributed by atoms with van der Waals surface area (Å²) >= 11 is 0. The van der Waals surface area contributed by atoms with E-state index in [1.165, 1.54) is 12.8 Å². The van der Waals surface area contributed by atoms with E-state index in [9.17, 15) is 4.79 Å². The molecule has 0 unspecified atom stereocenters. The molecule has 4 nitrogen and oxygen atoms in total. The topological polar surface area (TPSA) is 55.6 Å². The van der Waals surface area contributed by atoms with Gasteiger partial charge in [0.15, 0.2) is 6.61 Å². The van der Waals surface area contributed by atoms with E-state index in [1.54, 1.807) is 12.1 Å². The number of nitrogens with zero attached hydrogens (tertiary/aromatic N) is 1. The highest BCUT2D eigenvalue weighted by Gasteiger charge is 2.22. The Labute approximate surface area is 120 Å². The number of para-hydroxylation sites is 2. The van der Waals surface area contributed by atoms with Gasteiger partial charge in [-0.05, 0) is 30.9 Å². The number of nitrogen functional groups attached to an aromatic ring is 1. The zero-order valence-corrected chi connectivity index (χ0v) is 12.2. The van der Waals surface area contributed by atoms with E-state index < -0.39 is 0 Å². The minimum absolute atomic E-state index is 0.0585. The Morgan fingerprint density at radius 2 is 2.05 bits per heavy atom. The minimum Gasteiger partial charge on any atom is -0.482 e. The zero-order valence-electron chi connectivity index (χ0n) is 12.2. The van der Waals surface area contributed by atoms with Crippen LogP contribution in [0.25, 0.3) is 0 Å². The number of piperidine rings is 1. The third kappa shape index (κ3) is 3.89. The van der Waals surface area contributed by atoms with E-state index in [0.717, 1.165) is 31.8 Å². The average Bonchev–Trinajstić information content (AvgIpc) is 2.47. The van der Waals surface area contributed by atoms with Crippen LogP contribution < -0.4 is 10.5 Å². The third-order valence-electron chi connectivity index (χ3n) is 3.93. The van der Waals surface area contributed by atoms with Gasteiger partial charge in [-0.15, -0.1) is 0 Å². The maximum absolute atomic E-state index is 12.1. The second-order valence-electron chi connectivity index (χ2n) is 5.44. The molecule has 0 aromatic heterocycles. The molecule has 0 saturated carbocycles. The molecule has 0 spiro atoms. The molecule has 0 atom stereocenters. The second kappa shape index (κ2) is 7.17. The molecular weight excluding hydrogens is 252 g/mol. The number of carbonyl (C=O) groups excluding carboxylic acids is 1. The number of nitrogens with two attached hydrogens (primary N) is 1. The number of likely N-dealkylation sites (tertiary alicyclic amines) is 1. The highest BCUT2D eigenvalue weighted by molar-refractivity contribution is 5.78. The predicted octanol–water partition coefficient (Wildman–Crippen LogP) is 2.69. The van der Waals surface area contributed by atoms with Crippen molar-refractivity contribution in [3.63, 3.8) is 0 Å². The van der Waals surface area contributed by atoms with Gasteiger partial charge in [0, 0.05) is 13.1 Å². The van der Waals surface area contributed by atoms with Crippen LogP contribution in [0.5, 0.6) is 5.75 Å². The normalized spacial score (nSPS) is 16.1. The maximum atomic E-state index is 12.1. The van der Waals surface area contributed by atoms with E-state index in [2.05, 4.69) is 6.92 Å². The molecule has 0 aliphatic carbocycles. The van der Waals surface area contributed by atoms with Crippen molar-refractivity contribution >= 4 is 11.6 Å². The van der Waals surface area contributed by atoms with Crippen molar-refractivity contribution < 1.29 is 9.53 Å². The number of benzene rings is 1. The van der Waals surface area contributed by atoms with Crippen LogP contribution in [0, 0.1) is 5.92 Å². The molecule has 110 valence electrons. The first-order valence-electron chi connectivity index (χ1n) is 7.45. The van der Waals surface area contributed by atoms with Gasteiger partial charge in [0.05, 0.1) is 5.69 Å². The standard InChI is InChI=1S/C16H24N2O2/c1-2-5-13-8-10-18(11-9-13)16(19)12-20-15-7-4-3-6-14(15)17/h3-4,6-7,13H,2,5,8-12,17H2,1H3. The molecule has 1 aliphatic rings. The molecule has 2 rings (SSSR count). The largest absolute Gasteiger partial charge is 0.482 e. The fraction of sp³-hybridized carbons (Fsp3) is 0.562. The van der Waals surface area contributed by atoms with E-state index in [1.807, 2.05) is 17.0 Å². The fourth-order valence-corrected chi connectivity index (χ4v) is 2.72. The Bertz CT molecular complexity index is 440. The first kappa shape index (κ1) is 14.7. The number of anilines is 1. The van der Waals surface area contributed by atoms with Gasteiger partial charge >= 0.3 is 0 Å². The fourth-order valence-electron chi connectivity index (χ4n) is 2.72. The molecule has 1 aliphatic heterocycles. The van der Waals surface area contributed by atoms with Gasteiger partial charge in [0.1, 0.15) is 5.75 Å². The van der Waals surface area contributed by atoms with E-state index in [4.69, 9.17) is 10.5 Å². The summed E-state index contributed by atoms with van der Waals surface area (Å²) in [4.78, 5) is 14.0. The van der Waals surface area contributed by atoms with Crippen LogP contribution in [0.1, 0.15) is 32.6 Å². The monoisotopic (exact) mass is 276 g/mol. The number of ether oxygens (including phenoxy) is 1. The van der Waals surface area contributed by atoms with Crippen molar-refractivity contribution in [2.75, 3.05) is 25.4 Å². The van der Waals surface area contributed by atoms with E-state index >= 15 is 0 Å². The lowest BCUT2D eigenvalue weighted by Gasteiger charge is -2.31. The Balaban J connectivity index is 1.77. The minimum atomic E-state index is 0.0585. The highest BCUT2D eigenvalue weighted by Crippen LogP contribution is 2.23. The van der Waals surface area contributed by atoms with Crippen molar-refractivity contribution in [1.29, 1.82) is 0 Å². The molecule has 1 heterocycles. The van der Waals surface area contributed by atoms with Crippen molar-refractivity contribution in [3.8, 4) is 5.75 Å². The van der Waals surface area contributed by atoms with E-state index in [-0.39, 0.29) is 12.5 Å². The Morgan fingerprint density at radius 1 is 1.35 bits per heavy atom.